The minimum atomic E-state index is -0.815. The number of carbonyl (C=O) groups is 1. The average Bonchev–Trinajstić information content (AvgIpc) is 2.69. The zero-order chi connectivity index (χ0) is 21.0. The normalized spacial score (nSPS) is 12.0. The quantitative estimate of drug-likeness (QED) is 0.321. The smallest absolute Gasteiger partial charge is 0.352 e. The van der Waals surface area contributed by atoms with E-state index in [0.717, 1.165) is 29.4 Å². The Balaban J connectivity index is 1.78. The van der Waals surface area contributed by atoms with E-state index < -0.39 is 17.7 Å². The topological polar surface area (TPSA) is 65.7 Å². The minimum absolute atomic E-state index is 0.413. The first kappa shape index (κ1) is 20.6. The van der Waals surface area contributed by atoms with Gasteiger partial charge in [0.1, 0.15) is 17.1 Å². The van der Waals surface area contributed by atoms with Crippen LogP contribution >= 0.6 is 0 Å². The van der Waals surface area contributed by atoms with E-state index in [1.165, 1.54) is 11.6 Å². The molecule has 152 valence electrons. The maximum atomic E-state index is 12.5. The highest BCUT2D eigenvalue weighted by molar-refractivity contribution is 5.83. The molecule has 3 aromatic rings. The number of hydrogen-bond acceptors (Lipinski definition) is 5. The maximum Gasteiger partial charge on any atom is 0.352 e. The molecular formula is C24H26O5. The minimum Gasteiger partial charge on any atom is -0.479 e. The Morgan fingerprint density at radius 1 is 1.10 bits per heavy atom. The molecule has 0 amide bonds. The molecular weight excluding hydrogens is 368 g/mol. The molecule has 0 fully saturated rings. The highest BCUT2D eigenvalue weighted by Gasteiger charge is 2.20. The van der Waals surface area contributed by atoms with E-state index in [4.69, 9.17) is 13.9 Å². The lowest BCUT2D eigenvalue weighted by Gasteiger charge is -2.17. The Morgan fingerprint density at radius 3 is 2.48 bits per heavy atom. The number of fused-ring (bicyclic) bond motifs is 1. The molecule has 0 aliphatic rings. The summed E-state index contributed by atoms with van der Waals surface area (Å²) in [5.74, 6) is 0.513. The molecule has 1 aromatic heterocycles. The van der Waals surface area contributed by atoms with Gasteiger partial charge >= 0.3 is 11.6 Å². The Bertz CT molecular complexity index is 1060. The molecule has 0 bridgehead atoms. The van der Waals surface area contributed by atoms with Gasteiger partial charge in [-0.05, 0) is 61.6 Å². The van der Waals surface area contributed by atoms with Crippen molar-refractivity contribution in [3.63, 3.8) is 0 Å². The summed E-state index contributed by atoms with van der Waals surface area (Å²) in [5, 5.41) is 0.858. The van der Waals surface area contributed by atoms with Crippen LogP contribution < -0.4 is 15.1 Å². The molecule has 0 spiro atoms. The SMILES string of the molecule is CCCc1ccc(OC(=O)[C@H](C)Oc2cc3oc(=O)cc(C)c3cc2CC)cc1. The van der Waals surface area contributed by atoms with Crippen LogP contribution in [-0.2, 0) is 17.6 Å². The molecule has 0 N–H and O–H groups in total. The summed E-state index contributed by atoms with van der Waals surface area (Å²) in [4.78, 5) is 24.2. The summed E-state index contributed by atoms with van der Waals surface area (Å²) in [6.07, 6.45) is 1.95. The van der Waals surface area contributed by atoms with E-state index >= 15 is 0 Å². The lowest BCUT2D eigenvalue weighted by Crippen LogP contribution is -2.28. The molecule has 0 aliphatic heterocycles. The monoisotopic (exact) mass is 394 g/mol. The van der Waals surface area contributed by atoms with Crippen LogP contribution in [0.25, 0.3) is 11.0 Å². The average molecular weight is 394 g/mol. The molecule has 0 aliphatic carbocycles. The number of carbonyl (C=O) groups excluding carboxylic acids is 1. The van der Waals surface area contributed by atoms with Crippen molar-refractivity contribution in [1.82, 2.24) is 0 Å². The highest BCUT2D eigenvalue weighted by Crippen LogP contribution is 2.28. The van der Waals surface area contributed by atoms with Crippen molar-refractivity contribution in [2.75, 3.05) is 0 Å². The molecule has 0 radical (unpaired) electrons. The van der Waals surface area contributed by atoms with Gasteiger partial charge in [0.25, 0.3) is 0 Å². The number of esters is 1. The Morgan fingerprint density at radius 2 is 1.83 bits per heavy atom. The summed E-state index contributed by atoms with van der Waals surface area (Å²) in [7, 11) is 0. The standard InChI is InChI=1S/C24H26O5/c1-5-7-17-8-10-19(11-9-17)28-24(26)16(4)27-21-14-22-20(13-18(21)6-2)15(3)12-23(25)29-22/h8-14,16H,5-7H2,1-4H3/t16-/m0/s1. The van der Waals surface area contributed by atoms with Crippen LogP contribution in [0.4, 0.5) is 0 Å². The van der Waals surface area contributed by atoms with Crippen LogP contribution in [0.3, 0.4) is 0 Å². The second-order valence-corrected chi connectivity index (χ2v) is 7.13. The summed E-state index contributed by atoms with van der Waals surface area (Å²) in [6, 6.07) is 12.6. The number of rotatable bonds is 7. The third kappa shape index (κ3) is 4.86. The van der Waals surface area contributed by atoms with Crippen LogP contribution in [0.1, 0.15) is 43.9 Å². The molecule has 1 heterocycles. The fourth-order valence-corrected chi connectivity index (χ4v) is 3.23. The van der Waals surface area contributed by atoms with Gasteiger partial charge in [-0.3, -0.25) is 0 Å². The van der Waals surface area contributed by atoms with Crippen molar-refractivity contribution in [3.05, 3.63) is 69.6 Å². The Hall–Kier alpha value is -3.08. The van der Waals surface area contributed by atoms with Crippen molar-refractivity contribution in [2.24, 2.45) is 0 Å². The Kier molecular flexibility index (Phi) is 6.37. The summed E-state index contributed by atoms with van der Waals surface area (Å²) in [6.45, 7) is 7.63. The fraction of sp³-hybridized carbons (Fsp3) is 0.333. The van der Waals surface area contributed by atoms with Crippen molar-refractivity contribution in [1.29, 1.82) is 0 Å². The van der Waals surface area contributed by atoms with Crippen molar-refractivity contribution in [3.8, 4) is 11.5 Å². The van der Waals surface area contributed by atoms with Gasteiger partial charge in [-0.2, -0.15) is 0 Å². The second-order valence-electron chi connectivity index (χ2n) is 7.13. The fourth-order valence-electron chi connectivity index (χ4n) is 3.23. The van der Waals surface area contributed by atoms with Crippen LogP contribution in [0, 0.1) is 6.92 Å². The molecule has 0 unspecified atom stereocenters. The van der Waals surface area contributed by atoms with Gasteiger partial charge in [0, 0.05) is 17.5 Å². The van der Waals surface area contributed by atoms with E-state index in [-0.39, 0.29) is 0 Å². The molecule has 0 saturated heterocycles. The molecule has 29 heavy (non-hydrogen) atoms. The molecule has 5 heteroatoms. The number of aryl methyl sites for hydroxylation is 3. The zero-order valence-corrected chi connectivity index (χ0v) is 17.3. The van der Waals surface area contributed by atoms with Gasteiger partial charge in [0.2, 0.25) is 0 Å². The largest absolute Gasteiger partial charge is 0.479 e. The Labute approximate surface area is 170 Å². The predicted molar refractivity (Wildman–Crippen MR) is 113 cm³/mol. The van der Waals surface area contributed by atoms with E-state index in [1.54, 1.807) is 25.1 Å². The molecule has 5 nitrogen and oxygen atoms in total. The molecule has 2 aromatic carbocycles. The second kappa shape index (κ2) is 8.95. The first-order valence-electron chi connectivity index (χ1n) is 9.96. The van der Waals surface area contributed by atoms with Gasteiger partial charge in [-0.1, -0.05) is 32.4 Å². The molecule has 3 rings (SSSR count). The van der Waals surface area contributed by atoms with Gasteiger partial charge < -0.3 is 13.9 Å². The third-order valence-corrected chi connectivity index (χ3v) is 4.83. The van der Waals surface area contributed by atoms with E-state index in [1.807, 2.05) is 32.0 Å². The zero-order valence-electron chi connectivity index (χ0n) is 17.3. The van der Waals surface area contributed by atoms with Crippen molar-refractivity contribution >= 4 is 16.9 Å². The van der Waals surface area contributed by atoms with E-state index in [2.05, 4.69) is 6.92 Å². The van der Waals surface area contributed by atoms with Crippen molar-refractivity contribution in [2.45, 2.75) is 53.1 Å². The highest BCUT2D eigenvalue weighted by atomic mass is 16.6. The summed E-state index contributed by atoms with van der Waals surface area (Å²) >= 11 is 0. The van der Waals surface area contributed by atoms with Gasteiger partial charge in [0.15, 0.2) is 6.10 Å². The maximum absolute atomic E-state index is 12.5. The number of hydrogen-bond donors (Lipinski definition) is 0. The lowest BCUT2D eigenvalue weighted by molar-refractivity contribution is -0.141. The van der Waals surface area contributed by atoms with Crippen LogP contribution in [0.2, 0.25) is 0 Å². The van der Waals surface area contributed by atoms with E-state index in [0.29, 0.717) is 23.5 Å². The van der Waals surface area contributed by atoms with Gasteiger partial charge in [-0.15, -0.1) is 0 Å². The van der Waals surface area contributed by atoms with Gasteiger partial charge in [-0.25, -0.2) is 9.59 Å². The summed E-state index contributed by atoms with van der Waals surface area (Å²) < 4.78 is 16.6. The molecule has 0 saturated carbocycles. The number of benzene rings is 2. The third-order valence-electron chi connectivity index (χ3n) is 4.83. The first-order chi connectivity index (χ1) is 13.9. The number of ether oxygens (including phenoxy) is 2. The van der Waals surface area contributed by atoms with Crippen molar-refractivity contribution < 1.29 is 18.7 Å². The first-order valence-corrected chi connectivity index (χ1v) is 9.96. The van der Waals surface area contributed by atoms with Gasteiger partial charge in [0.05, 0.1) is 0 Å². The van der Waals surface area contributed by atoms with Crippen LogP contribution in [0.5, 0.6) is 11.5 Å². The van der Waals surface area contributed by atoms with E-state index in [9.17, 15) is 9.59 Å². The summed E-state index contributed by atoms with van der Waals surface area (Å²) in [5.41, 5.74) is 3.00. The molecule has 1 atom stereocenters. The lowest BCUT2D eigenvalue weighted by atomic mass is 10.1. The van der Waals surface area contributed by atoms with Crippen LogP contribution in [-0.4, -0.2) is 12.1 Å². The van der Waals surface area contributed by atoms with Crippen LogP contribution in [0.15, 0.2) is 51.7 Å². The predicted octanol–water partition coefficient (Wildman–Crippen LogP) is 4.99.